The van der Waals surface area contributed by atoms with Gasteiger partial charge < -0.3 is 10.6 Å². The number of carbonyl (C=O) groups is 3. The van der Waals surface area contributed by atoms with Crippen molar-refractivity contribution in [2.24, 2.45) is 0 Å². The maximum Gasteiger partial charge on any atom is 0.326 e. The van der Waals surface area contributed by atoms with Gasteiger partial charge in [-0.3, -0.25) is 14.5 Å². The number of imide groups is 1. The molecule has 6 nitrogen and oxygen atoms in total. The Hall–Kier alpha value is -3.93. The molecule has 2 N–H and O–H groups in total. The van der Waals surface area contributed by atoms with E-state index in [9.17, 15) is 14.4 Å². The SMILES string of the molecule is O=C(CN1C(=O)NC(c2ccccc2)(c2ccccc2)C1=O)NC1CCCc2ccccc21. The predicted molar refractivity (Wildman–Crippen MR) is 124 cm³/mol. The van der Waals surface area contributed by atoms with Crippen molar-refractivity contribution >= 4 is 17.8 Å². The third kappa shape index (κ3) is 3.67. The van der Waals surface area contributed by atoms with Crippen molar-refractivity contribution in [3.05, 3.63) is 107 Å². The molecular formula is C27H25N3O3. The summed E-state index contributed by atoms with van der Waals surface area (Å²) in [5, 5.41) is 5.92. The first kappa shape index (κ1) is 20.9. The summed E-state index contributed by atoms with van der Waals surface area (Å²) < 4.78 is 0. The minimum absolute atomic E-state index is 0.115. The van der Waals surface area contributed by atoms with Gasteiger partial charge in [-0.15, -0.1) is 0 Å². The van der Waals surface area contributed by atoms with Crippen LogP contribution in [0.5, 0.6) is 0 Å². The van der Waals surface area contributed by atoms with Gasteiger partial charge in [-0.2, -0.15) is 0 Å². The summed E-state index contributed by atoms with van der Waals surface area (Å²) in [4.78, 5) is 40.7. The van der Waals surface area contributed by atoms with Crippen molar-refractivity contribution in [3.63, 3.8) is 0 Å². The first-order valence-corrected chi connectivity index (χ1v) is 11.2. The lowest BCUT2D eigenvalue weighted by Crippen LogP contribution is -2.46. The second-order valence-corrected chi connectivity index (χ2v) is 8.51. The van der Waals surface area contributed by atoms with Crippen LogP contribution in [0.1, 0.15) is 41.1 Å². The normalized spacial score (nSPS) is 19.0. The topological polar surface area (TPSA) is 78.5 Å². The molecule has 166 valence electrons. The maximum atomic E-state index is 13.7. The van der Waals surface area contributed by atoms with Crippen molar-refractivity contribution in [1.82, 2.24) is 15.5 Å². The van der Waals surface area contributed by atoms with Crippen molar-refractivity contribution in [2.45, 2.75) is 30.8 Å². The summed E-state index contributed by atoms with van der Waals surface area (Å²) in [5.74, 6) is -0.804. The zero-order valence-corrected chi connectivity index (χ0v) is 18.2. The van der Waals surface area contributed by atoms with E-state index < -0.39 is 17.5 Å². The fourth-order valence-electron chi connectivity index (χ4n) is 4.94. The van der Waals surface area contributed by atoms with E-state index in [1.807, 2.05) is 78.9 Å². The van der Waals surface area contributed by atoms with Gasteiger partial charge in [0.05, 0.1) is 6.04 Å². The molecule has 1 atom stereocenters. The van der Waals surface area contributed by atoms with Gasteiger partial charge >= 0.3 is 6.03 Å². The Morgan fingerprint density at radius 1 is 0.909 bits per heavy atom. The highest BCUT2D eigenvalue weighted by Crippen LogP contribution is 2.36. The van der Waals surface area contributed by atoms with Crippen LogP contribution in [0.2, 0.25) is 0 Å². The van der Waals surface area contributed by atoms with E-state index in [1.54, 1.807) is 0 Å². The first-order valence-electron chi connectivity index (χ1n) is 11.2. The maximum absolute atomic E-state index is 13.7. The highest BCUT2D eigenvalue weighted by Gasteiger charge is 2.54. The number of amides is 4. The molecule has 0 aromatic heterocycles. The average molecular weight is 440 g/mol. The second-order valence-electron chi connectivity index (χ2n) is 8.51. The Morgan fingerprint density at radius 3 is 2.18 bits per heavy atom. The van der Waals surface area contributed by atoms with E-state index >= 15 is 0 Å². The first-order chi connectivity index (χ1) is 16.1. The molecule has 0 radical (unpaired) electrons. The Morgan fingerprint density at radius 2 is 1.52 bits per heavy atom. The number of benzene rings is 3. The number of urea groups is 1. The van der Waals surface area contributed by atoms with Gasteiger partial charge in [0.15, 0.2) is 5.54 Å². The average Bonchev–Trinajstić information content (AvgIpc) is 3.11. The van der Waals surface area contributed by atoms with Gasteiger partial charge in [0.2, 0.25) is 5.91 Å². The molecule has 1 saturated heterocycles. The summed E-state index contributed by atoms with van der Waals surface area (Å²) in [7, 11) is 0. The van der Waals surface area contributed by atoms with Crippen LogP contribution in [-0.2, 0) is 21.5 Å². The second kappa shape index (κ2) is 8.54. The molecule has 2 aliphatic rings. The number of rotatable bonds is 5. The fraction of sp³-hybridized carbons (Fsp3) is 0.222. The summed E-state index contributed by atoms with van der Waals surface area (Å²) >= 11 is 0. The van der Waals surface area contributed by atoms with Gasteiger partial charge in [-0.25, -0.2) is 4.79 Å². The molecule has 6 heteroatoms. The molecule has 0 saturated carbocycles. The Labute approximate surface area is 192 Å². The van der Waals surface area contributed by atoms with Crippen molar-refractivity contribution < 1.29 is 14.4 Å². The van der Waals surface area contributed by atoms with E-state index in [1.165, 1.54) is 5.56 Å². The van der Waals surface area contributed by atoms with Crippen LogP contribution in [0.15, 0.2) is 84.9 Å². The number of hydrogen-bond acceptors (Lipinski definition) is 3. The Kier molecular flexibility index (Phi) is 5.42. The highest BCUT2D eigenvalue weighted by atomic mass is 16.2. The van der Waals surface area contributed by atoms with E-state index in [2.05, 4.69) is 16.7 Å². The lowest BCUT2D eigenvalue weighted by Gasteiger charge is -2.28. The molecular weight excluding hydrogens is 414 g/mol. The zero-order chi connectivity index (χ0) is 22.8. The van der Waals surface area contributed by atoms with Gasteiger partial charge in [0, 0.05) is 0 Å². The number of fused-ring (bicyclic) bond motifs is 1. The number of aryl methyl sites for hydroxylation is 1. The van der Waals surface area contributed by atoms with Gasteiger partial charge in [-0.1, -0.05) is 84.9 Å². The molecule has 4 amide bonds. The number of nitrogens with zero attached hydrogens (tertiary/aromatic N) is 1. The molecule has 33 heavy (non-hydrogen) atoms. The van der Waals surface area contributed by atoms with Crippen LogP contribution in [0.25, 0.3) is 0 Å². The standard InChI is InChI=1S/C27H25N3O3/c31-24(28-23-17-9-11-19-10-7-8-16-22(19)23)18-30-25(32)27(29-26(30)33,20-12-3-1-4-13-20)21-14-5-2-6-15-21/h1-8,10,12-16,23H,9,11,17-18H2,(H,28,31)(H,29,33). The molecule has 1 unspecified atom stereocenters. The summed E-state index contributed by atoms with van der Waals surface area (Å²) in [6.45, 7) is -0.329. The third-order valence-electron chi connectivity index (χ3n) is 6.53. The van der Waals surface area contributed by atoms with E-state index in [0.717, 1.165) is 29.7 Å². The van der Waals surface area contributed by atoms with Crippen molar-refractivity contribution in [3.8, 4) is 0 Å². The lowest BCUT2D eigenvalue weighted by atomic mass is 9.82. The monoisotopic (exact) mass is 439 g/mol. The van der Waals surface area contributed by atoms with Crippen LogP contribution < -0.4 is 10.6 Å². The van der Waals surface area contributed by atoms with Gasteiger partial charge in [-0.05, 0) is 41.5 Å². The minimum atomic E-state index is -1.36. The molecule has 1 aliphatic heterocycles. The summed E-state index contributed by atoms with van der Waals surface area (Å²) in [6, 6.07) is 25.7. The summed E-state index contributed by atoms with van der Waals surface area (Å²) in [6.07, 6.45) is 2.81. The zero-order valence-electron chi connectivity index (χ0n) is 18.2. The molecule has 5 rings (SSSR count). The molecule has 3 aromatic rings. The van der Waals surface area contributed by atoms with E-state index in [4.69, 9.17) is 0 Å². The lowest BCUT2D eigenvalue weighted by molar-refractivity contribution is -0.134. The molecule has 1 fully saturated rings. The smallest absolute Gasteiger partial charge is 0.326 e. The van der Waals surface area contributed by atoms with Crippen LogP contribution in [0.3, 0.4) is 0 Å². The minimum Gasteiger partial charge on any atom is -0.348 e. The predicted octanol–water partition coefficient (Wildman–Crippen LogP) is 3.68. The van der Waals surface area contributed by atoms with E-state index in [-0.39, 0.29) is 18.5 Å². The number of hydrogen-bond donors (Lipinski definition) is 2. The van der Waals surface area contributed by atoms with Gasteiger partial charge in [0.1, 0.15) is 6.54 Å². The number of nitrogens with one attached hydrogen (secondary N) is 2. The van der Waals surface area contributed by atoms with Crippen LogP contribution in [-0.4, -0.2) is 29.3 Å². The molecule has 0 spiro atoms. The highest BCUT2D eigenvalue weighted by molar-refractivity contribution is 6.11. The Balaban J connectivity index is 1.41. The van der Waals surface area contributed by atoms with Gasteiger partial charge in [0.25, 0.3) is 5.91 Å². The van der Waals surface area contributed by atoms with Crippen LogP contribution in [0, 0.1) is 0 Å². The van der Waals surface area contributed by atoms with E-state index in [0.29, 0.717) is 11.1 Å². The fourth-order valence-corrected chi connectivity index (χ4v) is 4.94. The third-order valence-corrected chi connectivity index (χ3v) is 6.53. The quantitative estimate of drug-likeness (QED) is 0.596. The van der Waals surface area contributed by atoms with Crippen molar-refractivity contribution in [1.29, 1.82) is 0 Å². The summed E-state index contributed by atoms with van der Waals surface area (Å²) in [5.41, 5.74) is 2.28. The van der Waals surface area contributed by atoms with Crippen LogP contribution >= 0.6 is 0 Å². The Bertz CT molecular complexity index is 1150. The molecule has 0 bridgehead atoms. The molecule has 1 aliphatic carbocycles. The van der Waals surface area contributed by atoms with Crippen molar-refractivity contribution in [2.75, 3.05) is 6.54 Å². The van der Waals surface area contributed by atoms with Crippen LogP contribution in [0.4, 0.5) is 4.79 Å². The molecule has 3 aromatic carbocycles. The molecule has 1 heterocycles. The largest absolute Gasteiger partial charge is 0.348 e. The number of carbonyl (C=O) groups excluding carboxylic acids is 3.